The molecule has 2 aromatic heterocycles. The number of nitrogens with zero attached hydrogens (tertiary/aromatic N) is 5. The van der Waals surface area contributed by atoms with E-state index in [4.69, 9.17) is 14.6 Å². The SMILES string of the molecule is C=CC(=O)Nc1ccc(C(=O)Nc2cccc(Nc3c(F)c(SC4CCN(C(=O)OCc5ccc(NC(=O)[C@H](C)NC(=O)[C@@H](NC(=O)C6CCC(C(=O)ON7C(=O)CCC7=O)CC6)C(C)C)cc5)CC4)nc4c(C(C)C)cnn34)c2)cc1. The normalized spacial score (nSPS) is 17.2. The van der Waals surface area contributed by atoms with E-state index in [1.54, 1.807) is 97.7 Å². The molecule has 8 amide bonds. The number of nitrogens with one attached hydrogen (secondary N) is 6. The van der Waals surface area contributed by atoms with Gasteiger partial charge in [0.2, 0.25) is 23.6 Å². The van der Waals surface area contributed by atoms with Gasteiger partial charge in [0, 0.05) is 71.0 Å². The van der Waals surface area contributed by atoms with Crippen molar-refractivity contribution >= 4 is 99.4 Å². The molecule has 432 valence electrons. The molecule has 5 aromatic rings. The fourth-order valence-electron chi connectivity index (χ4n) is 9.55. The molecule has 1 aliphatic carbocycles. The second-order valence-electron chi connectivity index (χ2n) is 21.0. The highest BCUT2D eigenvalue weighted by Crippen LogP contribution is 2.37. The molecule has 3 fully saturated rings. The molecule has 3 aliphatic rings. The lowest BCUT2D eigenvalue weighted by atomic mass is 9.81. The average molecular weight is 1140 g/mol. The predicted octanol–water partition coefficient (Wildman–Crippen LogP) is 8.00. The number of thioether (sulfide) groups is 1. The summed E-state index contributed by atoms with van der Waals surface area (Å²) in [5.41, 5.74) is 4.20. The van der Waals surface area contributed by atoms with Gasteiger partial charge in [0.1, 0.15) is 23.7 Å². The summed E-state index contributed by atoms with van der Waals surface area (Å²) in [6.45, 7) is 13.2. The van der Waals surface area contributed by atoms with E-state index >= 15 is 4.39 Å². The summed E-state index contributed by atoms with van der Waals surface area (Å²) in [6.07, 6.45) is 4.65. The first-order valence-corrected chi connectivity index (χ1v) is 28.1. The Morgan fingerprint density at radius 1 is 0.768 bits per heavy atom. The summed E-state index contributed by atoms with van der Waals surface area (Å²) >= 11 is 1.29. The van der Waals surface area contributed by atoms with Crippen LogP contribution in [0.4, 0.5) is 37.8 Å². The molecule has 0 spiro atoms. The van der Waals surface area contributed by atoms with Crippen LogP contribution in [0.1, 0.15) is 113 Å². The third kappa shape index (κ3) is 14.8. The fourth-order valence-corrected chi connectivity index (χ4v) is 10.7. The van der Waals surface area contributed by atoms with E-state index < -0.39 is 71.3 Å². The van der Waals surface area contributed by atoms with Gasteiger partial charge >= 0.3 is 12.1 Å². The van der Waals surface area contributed by atoms with Crippen molar-refractivity contribution in [3.8, 4) is 0 Å². The summed E-state index contributed by atoms with van der Waals surface area (Å²) < 4.78 is 23.8. The van der Waals surface area contributed by atoms with Crippen molar-refractivity contribution in [2.24, 2.45) is 17.8 Å². The van der Waals surface area contributed by atoms with Crippen LogP contribution in [0.5, 0.6) is 0 Å². The van der Waals surface area contributed by atoms with Crippen LogP contribution in [0.25, 0.3) is 5.65 Å². The first-order chi connectivity index (χ1) is 39.2. The number of hydroxylamine groups is 2. The average Bonchev–Trinajstić information content (AvgIpc) is 3.71. The van der Waals surface area contributed by atoms with E-state index in [1.807, 2.05) is 13.8 Å². The topological polar surface area (TPSA) is 281 Å². The Morgan fingerprint density at radius 3 is 2.05 bits per heavy atom. The number of ether oxygens (including phenoxy) is 1. The Balaban J connectivity index is 0.782. The van der Waals surface area contributed by atoms with Crippen molar-refractivity contribution in [1.29, 1.82) is 0 Å². The summed E-state index contributed by atoms with van der Waals surface area (Å²) in [5.74, 6) is -5.90. The number of benzene rings is 3. The van der Waals surface area contributed by atoms with Crippen molar-refractivity contribution in [3.63, 3.8) is 0 Å². The number of aromatic nitrogens is 3. The van der Waals surface area contributed by atoms with E-state index in [0.717, 1.165) is 11.6 Å². The zero-order chi connectivity index (χ0) is 58.8. The Bertz CT molecular complexity index is 3230. The van der Waals surface area contributed by atoms with Gasteiger partial charge < -0.3 is 46.4 Å². The van der Waals surface area contributed by atoms with Crippen LogP contribution in [0.2, 0.25) is 0 Å². The van der Waals surface area contributed by atoms with Crippen LogP contribution in [0.15, 0.2) is 96.7 Å². The van der Waals surface area contributed by atoms with Crippen molar-refractivity contribution in [1.82, 2.24) is 35.2 Å². The van der Waals surface area contributed by atoms with Crippen molar-refractivity contribution in [2.75, 3.05) is 34.4 Å². The molecular formula is C58H66FN11O11S. The van der Waals surface area contributed by atoms with Gasteiger partial charge in [-0.15, -0.1) is 5.06 Å². The maximum Gasteiger partial charge on any atom is 0.410 e. The summed E-state index contributed by atoms with van der Waals surface area (Å²) in [7, 11) is 0. The second kappa shape index (κ2) is 26.7. The molecule has 2 saturated heterocycles. The number of anilines is 5. The van der Waals surface area contributed by atoms with Crippen LogP contribution in [-0.4, -0.2) is 108 Å². The minimum atomic E-state index is -0.982. The number of likely N-dealkylation sites (tertiary alicyclic amines) is 1. The van der Waals surface area contributed by atoms with Gasteiger partial charge in [0.25, 0.3) is 17.7 Å². The lowest BCUT2D eigenvalue weighted by Crippen LogP contribution is -2.54. The zero-order valence-corrected chi connectivity index (χ0v) is 46.9. The number of amides is 8. The maximum atomic E-state index is 16.7. The highest BCUT2D eigenvalue weighted by atomic mass is 32.2. The van der Waals surface area contributed by atoms with Gasteiger partial charge in [0.05, 0.1) is 12.1 Å². The van der Waals surface area contributed by atoms with Crippen molar-refractivity contribution in [3.05, 3.63) is 114 Å². The molecule has 0 unspecified atom stereocenters. The molecule has 0 radical (unpaired) electrons. The molecule has 4 heterocycles. The third-order valence-electron chi connectivity index (χ3n) is 14.4. The maximum absolute atomic E-state index is 16.7. The highest BCUT2D eigenvalue weighted by molar-refractivity contribution is 7.99. The van der Waals surface area contributed by atoms with Crippen LogP contribution < -0.4 is 31.9 Å². The molecule has 1 saturated carbocycles. The van der Waals surface area contributed by atoms with Gasteiger partial charge in [-0.25, -0.2) is 14.6 Å². The zero-order valence-electron chi connectivity index (χ0n) is 46.1. The van der Waals surface area contributed by atoms with Gasteiger partial charge in [0.15, 0.2) is 17.3 Å². The summed E-state index contributed by atoms with van der Waals surface area (Å²) in [4.78, 5) is 126. The standard InChI is InChI=1S/C58H66FN11O11S/c1-7-45(71)62-39-21-17-37(18-22-39)53(75)65-42-10-8-9-41(29-42)63-51-48(59)56(67-50-44(32(2)3)30-60-69(50)51)82-43-25-27-68(28-26-43)58(79)80-31-35-11-19-40(20-12-35)64-52(74)34(6)61-55(77)49(33(4)5)66-54(76)36-13-15-38(16-14-36)57(78)81-70-46(72)23-24-47(70)73/h7-12,17-22,29-30,32-34,36,38,43,49,63H,1,13-16,23-28,31H2,2-6H3,(H,61,77)(H,62,71)(H,64,74)(H,65,75)(H,66,76)/t34-,36?,38?,49-/m0/s1. The summed E-state index contributed by atoms with van der Waals surface area (Å²) in [6, 6.07) is 17.9. The second-order valence-corrected chi connectivity index (χ2v) is 22.3. The van der Waals surface area contributed by atoms with E-state index in [0.29, 0.717) is 96.2 Å². The number of imide groups is 1. The quantitative estimate of drug-likeness (QED) is 0.0245. The molecular weight excluding hydrogens is 1080 g/mol. The van der Waals surface area contributed by atoms with Gasteiger partial charge in [-0.2, -0.15) is 14.0 Å². The van der Waals surface area contributed by atoms with Crippen LogP contribution in [0, 0.1) is 23.6 Å². The number of fused-ring (bicyclic) bond motifs is 1. The van der Waals surface area contributed by atoms with Gasteiger partial charge in [-0.05, 0) is 124 Å². The van der Waals surface area contributed by atoms with E-state index in [2.05, 4.69) is 43.6 Å². The first-order valence-electron chi connectivity index (χ1n) is 27.2. The first kappa shape index (κ1) is 59.5. The lowest BCUT2D eigenvalue weighted by Gasteiger charge is -2.31. The van der Waals surface area contributed by atoms with Crippen molar-refractivity contribution < 1.29 is 57.1 Å². The lowest BCUT2D eigenvalue weighted by molar-refractivity contribution is -0.201. The Kier molecular flexibility index (Phi) is 19.4. The molecule has 24 heteroatoms. The molecule has 0 bridgehead atoms. The van der Waals surface area contributed by atoms with E-state index in [-0.39, 0.29) is 59.2 Å². The Morgan fingerprint density at radius 2 is 1.40 bits per heavy atom. The number of piperidine rings is 1. The summed E-state index contributed by atoms with van der Waals surface area (Å²) in [5, 5.41) is 22.0. The molecule has 22 nitrogen and oxygen atoms in total. The predicted molar refractivity (Wildman–Crippen MR) is 303 cm³/mol. The number of carbonyl (C=O) groups is 9. The minimum absolute atomic E-state index is 0.00977. The number of carbonyl (C=O) groups excluding carboxylic acids is 9. The monoisotopic (exact) mass is 1140 g/mol. The number of hydrogen-bond acceptors (Lipinski definition) is 15. The van der Waals surface area contributed by atoms with Crippen LogP contribution in [-0.2, 0) is 49.7 Å². The van der Waals surface area contributed by atoms with Crippen LogP contribution in [0.3, 0.4) is 0 Å². The van der Waals surface area contributed by atoms with Crippen LogP contribution >= 0.6 is 11.8 Å². The Labute approximate surface area is 477 Å². The van der Waals surface area contributed by atoms with Gasteiger partial charge in [-0.3, -0.25) is 33.6 Å². The highest BCUT2D eigenvalue weighted by Gasteiger charge is 2.38. The molecule has 2 aliphatic heterocycles. The molecule has 82 heavy (non-hydrogen) atoms. The van der Waals surface area contributed by atoms with E-state index in [9.17, 15) is 43.2 Å². The third-order valence-corrected chi connectivity index (χ3v) is 15.7. The fraction of sp³-hybridized carbons (Fsp3) is 0.397. The molecule has 3 aromatic carbocycles. The van der Waals surface area contributed by atoms with Crippen molar-refractivity contribution in [2.45, 2.75) is 121 Å². The number of hydrogen-bond donors (Lipinski definition) is 6. The number of rotatable bonds is 20. The largest absolute Gasteiger partial charge is 0.445 e. The molecule has 2 atom stereocenters. The molecule has 6 N–H and O–H groups in total. The van der Waals surface area contributed by atoms with E-state index in [1.165, 1.54) is 23.2 Å². The minimum Gasteiger partial charge on any atom is -0.445 e. The Hall–Kier alpha value is -8.67. The number of halogens is 1. The van der Waals surface area contributed by atoms with Gasteiger partial charge in [-0.1, -0.05) is 64.2 Å². The molecule has 8 rings (SSSR count). The smallest absolute Gasteiger partial charge is 0.410 e.